The second-order valence-electron chi connectivity index (χ2n) is 6.02. The molecule has 0 aliphatic rings. The van der Waals surface area contributed by atoms with Crippen molar-refractivity contribution < 1.29 is 9.53 Å². The third-order valence-corrected chi connectivity index (χ3v) is 4.00. The summed E-state index contributed by atoms with van der Waals surface area (Å²) in [6, 6.07) is 17.5. The summed E-state index contributed by atoms with van der Waals surface area (Å²) in [4.78, 5) is 29.0. The molecule has 0 aliphatic heterocycles. The number of hydrogen-bond donors (Lipinski definition) is 1. The van der Waals surface area contributed by atoms with E-state index in [1.807, 2.05) is 24.3 Å². The molecule has 2 aromatic carbocycles. The van der Waals surface area contributed by atoms with Crippen LogP contribution in [0.3, 0.4) is 0 Å². The molecule has 142 valence electrons. The predicted molar refractivity (Wildman–Crippen MR) is 104 cm³/mol. The Labute approximate surface area is 164 Å². The molecule has 0 fully saturated rings. The van der Waals surface area contributed by atoms with Crippen molar-refractivity contribution in [2.45, 2.75) is 6.54 Å². The molecular formula is C20H14N6O3. The molecule has 1 amide bonds. The minimum Gasteiger partial charge on any atom is -0.436 e. The molecule has 0 saturated heterocycles. The Kier molecular flexibility index (Phi) is 4.74. The lowest BCUT2D eigenvalue weighted by atomic mass is 10.2. The zero-order valence-corrected chi connectivity index (χ0v) is 15.0. The van der Waals surface area contributed by atoms with Crippen molar-refractivity contribution in [2.75, 3.05) is 5.32 Å². The van der Waals surface area contributed by atoms with Gasteiger partial charge in [-0.25, -0.2) is 18.9 Å². The number of rotatable bonds is 5. The van der Waals surface area contributed by atoms with Crippen LogP contribution in [-0.4, -0.2) is 25.1 Å². The van der Waals surface area contributed by atoms with Crippen LogP contribution >= 0.6 is 0 Å². The summed E-state index contributed by atoms with van der Waals surface area (Å²) in [6.07, 6.45) is 2.87. The van der Waals surface area contributed by atoms with Gasteiger partial charge in [0.1, 0.15) is 12.3 Å². The van der Waals surface area contributed by atoms with E-state index < -0.39 is 11.6 Å². The number of fused-ring (bicyclic) bond motifs is 1. The smallest absolute Gasteiger partial charge is 0.351 e. The Morgan fingerprint density at radius 1 is 1.17 bits per heavy atom. The largest absolute Gasteiger partial charge is 0.436 e. The fraction of sp³-hybridized carbons (Fsp3) is 0.0500. The van der Waals surface area contributed by atoms with E-state index in [1.54, 1.807) is 36.4 Å². The van der Waals surface area contributed by atoms with E-state index in [0.29, 0.717) is 17.0 Å². The van der Waals surface area contributed by atoms with Gasteiger partial charge in [-0.2, -0.15) is 5.26 Å². The number of benzene rings is 2. The number of amides is 1. The minimum absolute atomic E-state index is 0.150. The van der Waals surface area contributed by atoms with Gasteiger partial charge < -0.3 is 10.1 Å². The molecular weight excluding hydrogens is 372 g/mol. The maximum absolute atomic E-state index is 12.6. The molecule has 4 rings (SSSR count). The maximum atomic E-state index is 12.6. The van der Waals surface area contributed by atoms with E-state index in [1.165, 1.54) is 16.8 Å². The Balaban J connectivity index is 1.59. The molecule has 0 spiro atoms. The van der Waals surface area contributed by atoms with E-state index in [0.717, 1.165) is 4.68 Å². The summed E-state index contributed by atoms with van der Waals surface area (Å²) in [5, 5.41) is 15.8. The summed E-state index contributed by atoms with van der Waals surface area (Å²) < 4.78 is 7.99. The molecule has 9 nitrogen and oxygen atoms in total. The lowest BCUT2D eigenvalue weighted by Crippen LogP contribution is -2.28. The van der Waals surface area contributed by atoms with Crippen molar-refractivity contribution in [3.05, 3.63) is 83.0 Å². The van der Waals surface area contributed by atoms with Crippen molar-refractivity contribution in [3.63, 3.8) is 0 Å². The van der Waals surface area contributed by atoms with Gasteiger partial charge in [0, 0.05) is 18.1 Å². The zero-order valence-electron chi connectivity index (χ0n) is 15.0. The summed E-state index contributed by atoms with van der Waals surface area (Å²) >= 11 is 0. The van der Waals surface area contributed by atoms with Gasteiger partial charge in [-0.05, 0) is 30.3 Å². The number of carbonyl (C=O) groups is 1. The SMILES string of the molecule is N#Cc1cccc(NC(=O)Cn2nc3c(Oc4ccccc4)nccn3c2=O)c1. The van der Waals surface area contributed by atoms with Gasteiger partial charge in [0.2, 0.25) is 11.6 Å². The summed E-state index contributed by atoms with van der Waals surface area (Å²) in [7, 11) is 0. The van der Waals surface area contributed by atoms with Crippen molar-refractivity contribution in [1.82, 2.24) is 19.2 Å². The van der Waals surface area contributed by atoms with Gasteiger partial charge in [0.25, 0.3) is 5.88 Å². The average molecular weight is 386 g/mol. The first-order chi connectivity index (χ1) is 14.1. The van der Waals surface area contributed by atoms with E-state index in [4.69, 9.17) is 10.00 Å². The predicted octanol–water partition coefficient (Wildman–Crippen LogP) is 2.19. The lowest BCUT2D eigenvalue weighted by molar-refractivity contribution is -0.117. The first-order valence-electron chi connectivity index (χ1n) is 8.61. The number of anilines is 1. The van der Waals surface area contributed by atoms with Crippen LogP contribution in [0.25, 0.3) is 5.65 Å². The van der Waals surface area contributed by atoms with Gasteiger partial charge in [-0.15, -0.1) is 5.10 Å². The van der Waals surface area contributed by atoms with E-state index in [9.17, 15) is 9.59 Å². The van der Waals surface area contributed by atoms with Crippen LogP contribution in [0.5, 0.6) is 11.6 Å². The molecule has 29 heavy (non-hydrogen) atoms. The highest BCUT2D eigenvalue weighted by atomic mass is 16.5. The number of para-hydroxylation sites is 1. The molecule has 0 unspecified atom stereocenters. The monoisotopic (exact) mass is 386 g/mol. The Hall–Kier alpha value is -4.45. The molecule has 2 aromatic heterocycles. The highest BCUT2D eigenvalue weighted by Crippen LogP contribution is 2.21. The van der Waals surface area contributed by atoms with Gasteiger partial charge in [0.05, 0.1) is 11.6 Å². The number of nitrogens with one attached hydrogen (secondary N) is 1. The molecule has 0 radical (unpaired) electrons. The number of hydrogen-bond acceptors (Lipinski definition) is 6. The van der Waals surface area contributed by atoms with Gasteiger partial charge in [0.15, 0.2) is 0 Å². The average Bonchev–Trinajstić information content (AvgIpc) is 3.05. The molecule has 0 bridgehead atoms. The number of nitriles is 1. The highest BCUT2D eigenvalue weighted by molar-refractivity contribution is 5.90. The standard InChI is InChI=1S/C20H14N6O3/c21-12-14-5-4-6-15(11-14)23-17(27)13-26-20(28)25-10-9-22-19(18(25)24-26)29-16-7-2-1-3-8-16/h1-11H,13H2,(H,23,27). The van der Waals surface area contributed by atoms with Crippen molar-refractivity contribution in [2.24, 2.45) is 0 Å². The lowest BCUT2D eigenvalue weighted by Gasteiger charge is -2.05. The fourth-order valence-corrected chi connectivity index (χ4v) is 2.70. The van der Waals surface area contributed by atoms with E-state index in [-0.39, 0.29) is 18.1 Å². The summed E-state index contributed by atoms with van der Waals surface area (Å²) in [6.45, 7) is -0.304. The molecule has 0 atom stereocenters. The van der Waals surface area contributed by atoms with Crippen LogP contribution in [0, 0.1) is 11.3 Å². The number of nitrogens with zero attached hydrogens (tertiary/aromatic N) is 5. The van der Waals surface area contributed by atoms with Crippen LogP contribution in [0.1, 0.15) is 5.56 Å². The fourth-order valence-electron chi connectivity index (χ4n) is 2.70. The van der Waals surface area contributed by atoms with Gasteiger partial charge in [-0.3, -0.25) is 4.79 Å². The summed E-state index contributed by atoms with van der Waals surface area (Å²) in [5.41, 5.74) is 0.573. The normalized spacial score (nSPS) is 10.4. The Bertz CT molecular complexity index is 1290. The van der Waals surface area contributed by atoms with Crippen LogP contribution in [-0.2, 0) is 11.3 Å². The van der Waals surface area contributed by atoms with E-state index >= 15 is 0 Å². The van der Waals surface area contributed by atoms with Gasteiger partial charge in [-0.1, -0.05) is 24.3 Å². The zero-order chi connectivity index (χ0) is 20.2. The van der Waals surface area contributed by atoms with Crippen molar-refractivity contribution in [3.8, 4) is 17.7 Å². The van der Waals surface area contributed by atoms with Gasteiger partial charge >= 0.3 is 5.69 Å². The van der Waals surface area contributed by atoms with Crippen LogP contribution in [0.4, 0.5) is 5.69 Å². The third-order valence-electron chi connectivity index (χ3n) is 4.00. The molecule has 2 heterocycles. The first-order valence-corrected chi connectivity index (χ1v) is 8.61. The third kappa shape index (κ3) is 3.81. The topological polar surface area (TPSA) is 114 Å². The van der Waals surface area contributed by atoms with Crippen LogP contribution in [0.15, 0.2) is 71.8 Å². The molecule has 4 aromatic rings. The highest BCUT2D eigenvalue weighted by Gasteiger charge is 2.15. The Morgan fingerprint density at radius 3 is 2.79 bits per heavy atom. The van der Waals surface area contributed by atoms with Crippen molar-refractivity contribution in [1.29, 1.82) is 5.26 Å². The maximum Gasteiger partial charge on any atom is 0.351 e. The number of ether oxygens (including phenoxy) is 1. The minimum atomic E-state index is -0.499. The second kappa shape index (κ2) is 7.66. The van der Waals surface area contributed by atoms with E-state index in [2.05, 4.69) is 15.4 Å². The first kappa shape index (κ1) is 17.9. The molecule has 0 aliphatic carbocycles. The molecule has 9 heteroatoms. The number of carbonyl (C=O) groups excluding carboxylic acids is 1. The summed E-state index contributed by atoms with van der Waals surface area (Å²) in [5.74, 6) is 0.242. The van der Waals surface area contributed by atoms with Crippen LogP contribution < -0.4 is 15.7 Å². The second-order valence-corrected chi connectivity index (χ2v) is 6.02. The quantitative estimate of drug-likeness (QED) is 0.562. The molecule has 0 saturated carbocycles. The Morgan fingerprint density at radius 2 is 2.00 bits per heavy atom. The molecule has 1 N–H and O–H groups in total. The van der Waals surface area contributed by atoms with Crippen molar-refractivity contribution >= 4 is 17.2 Å². The number of aromatic nitrogens is 4. The van der Waals surface area contributed by atoms with Crippen LogP contribution in [0.2, 0.25) is 0 Å².